The first-order chi connectivity index (χ1) is 13.7. The number of rotatable bonds is 5. The number of benzene rings is 2. The Morgan fingerprint density at radius 2 is 1.93 bits per heavy atom. The van der Waals surface area contributed by atoms with Crippen LogP contribution in [0, 0.1) is 0 Å². The number of nitrogens with zero attached hydrogens (tertiary/aromatic N) is 2. The molecule has 148 valence electrons. The van der Waals surface area contributed by atoms with Crippen LogP contribution in [0.1, 0.15) is 23.2 Å². The van der Waals surface area contributed by atoms with Crippen LogP contribution in [0.15, 0.2) is 48.5 Å². The van der Waals surface area contributed by atoms with E-state index in [1.165, 1.54) is 0 Å². The number of amides is 1. The van der Waals surface area contributed by atoms with Gasteiger partial charge in [0.05, 0.1) is 6.10 Å². The minimum Gasteiger partial charge on any atom is -0.491 e. The molecule has 0 aliphatic carbocycles. The Hall–Kier alpha value is -2.24. The zero-order chi connectivity index (χ0) is 19.3. The number of carbonyl (C=O) groups excluding carboxylic acids is 1. The molecule has 2 aliphatic heterocycles. The van der Waals surface area contributed by atoms with Crippen molar-refractivity contribution in [2.24, 2.45) is 0 Å². The Morgan fingerprint density at radius 1 is 1.11 bits per heavy atom. The summed E-state index contributed by atoms with van der Waals surface area (Å²) in [5, 5.41) is 0.732. The van der Waals surface area contributed by atoms with Crippen molar-refractivity contribution in [3.63, 3.8) is 0 Å². The molecule has 0 saturated carbocycles. The van der Waals surface area contributed by atoms with Crippen molar-refractivity contribution in [3.8, 4) is 5.75 Å². The minimum atomic E-state index is 0.0494. The quantitative estimate of drug-likeness (QED) is 0.764. The second-order valence-electron chi connectivity index (χ2n) is 7.23. The third-order valence-electron chi connectivity index (χ3n) is 5.28. The zero-order valence-electron chi connectivity index (χ0n) is 15.9. The normalized spacial score (nSPS) is 19.7. The third-order valence-corrected chi connectivity index (χ3v) is 5.52. The van der Waals surface area contributed by atoms with Gasteiger partial charge >= 0.3 is 0 Å². The summed E-state index contributed by atoms with van der Waals surface area (Å²) in [6.07, 6.45) is 2.29. The molecule has 6 heteroatoms. The van der Waals surface area contributed by atoms with E-state index in [9.17, 15) is 4.79 Å². The van der Waals surface area contributed by atoms with Crippen LogP contribution in [0.3, 0.4) is 0 Å². The SMILES string of the molecule is O=C(c1cccc(OC[C@H]2CCCO2)c1)N1CCN(c2cccc(Cl)c2)CC1. The van der Waals surface area contributed by atoms with Crippen molar-refractivity contribution in [3.05, 3.63) is 59.1 Å². The highest BCUT2D eigenvalue weighted by atomic mass is 35.5. The van der Waals surface area contributed by atoms with Gasteiger partial charge < -0.3 is 19.3 Å². The Labute approximate surface area is 170 Å². The van der Waals surface area contributed by atoms with Gasteiger partial charge in [0.2, 0.25) is 0 Å². The van der Waals surface area contributed by atoms with E-state index in [0.717, 1.165) is 49.0 Å². The van der Waals surface area contributed by atoms with Gasteiger partial charge in [-0.2, -0.15) is 0 Å². The monoisotopic (exact) mass is 400 g/mol. The molecule has 0 aromatic heterocycles. The second kappa shape index (κ2) is 8.84. The summed E-state index contributed by atoms with van der Waals surface area (Å²) in [6.45, 7) is 4.31. The summed E-state index contributed by atoms with van der Waals surface area (Å²) in [4.78, 5) is 17.1. The lowest BCUT2D eigenvalue weighted by Crippen LogP contribution is -2.48. The Balaban J connectivity index is 1.34. The fourth-order valence-electron chi connectivity index (χ4n) is 3.71. The molecule has 0 N–H and O–H groups in total. The van der Waals surface area contributed by atoms with Gasteiger partial charge in [-0.25, -0.2) is 0 Å². The maximum Gasteiger partial charge on any atom is 0.254 e. The van der Waals surface area contributed by atoms with E-state index in [1.54, 1.807) is 0 Å². The maximum atomic E-state index is 12.9. The van der Waals surface area contributed by atoms with Crippen molar-refractivity contribution in [2.45, 2.75) is 18.9 Å². The first-order valence-electron chi connectivity index (χ1n) is 9.83. The number of carbonyl (C=O) groups is 1. The fraction of sp³-hybridized carbons (Fsp3) is 0.409. The number of anilines is 1. The fourth-order valence-corrected chi connectivity index (χ4v) is 3.89. The number of piperazine rings is 1. The molecule has 2 saturated heterocycles. The van der Waals surface area contributed by atoms with Crippen molar-refractivity contribution in [1.29, 1.82) is 0 Å². The molecular formula is C22H25ClN2O3. The molecular weight excluding hydrogens is 376 g/mol. The van der Waals surface area contributed by atoms with E-state index in [-0.39, 0.29) is 12.0 Å². The molecule has 2 aromatic carbocycles. The Kier molecular flexibility index (Phi) is 6.03. The van der Waals surface area contributed by atoms with Gasteiger partial charge in [-0.05, 0) is 49.2 Å². The molecule has 1 atom stereocenters. The van der Waals surface area contributed by atoms with Gasteiger partial charge in [-0.1, -0.05) is 23.7 Å². The summed E-state index contributed by atoms with van der Waals surface area (Å²) < 4.78 is 11.4. The predicted octanol–water partition coefficient (Wildman–Crippen LogP) is 3.86. The minimum absolute atomic E-state index is 0.0494. The molecule has 2 aliphatic rings. The van der Waals surface area contributed by atoms with Crippen molar-refractivity contribution < 1.29 is 14.3 Å². The largest absolute Gasteiger partial charge is 0.491 e. The van der Waals surface area contributed by atoms with E-state index >= 15 is 0 Å². The highest BCUT2D eigenvalue weighted by molar-refractivity contribution is 6.30. The Bertz CT molecular complexity index is 815. The van der Waals surface area contributed by atoms with Gasteiger partial charge in [-0.3, -0.25) is 4.79 Å². The topological polar surface area (TPSA) is 42.0 Å². The Morgan fingerprint density at radius 3 is 2.68 bits per heavy atom. The van der Waals surface area contributed by atoms with Crippen molar-refractivity contribution in [1.82, 2.24) is 4.90 Å². The molecule has 0 spiro atoms. The van der Waals surface area contributed by atoms with Gasteiger partial charge in [-0.15, -0.1) is 0 Å². The van der Waals surface area contributed by atoms with Crippen LogP contribution in [0.4, 0.5) is 5.69 Å². The van der Waals surface area contributed by atoms with Crippen LogP contribution >= 0.6 is 11.6 Å². The molecule has 1 amide bonds. The lowest BCUT2D eigenvalue weighted by atomic mass is 10.1. The van der Waals surface area contributed by atoms with Crippen LogP contribution in [-0.4, -0.2) is 56.3 Å². The third kappa shape index (κ3) is 4.59. The number of hydrogen-bond acceptors (Lipinski definition) is 4. The lowest BCUT2D eigenvalue weighted by Gasteiger charge is -2.36. The summed E-state index contributed by atoms with van der Waals surface area (Å²) in [6, 6.07) is 15.3. The van der Waals surface area contributed by atoms with Crippen LogP contribution in [0.5, 0.6) is 5.75 Å². The highest BCUT2D eigenvalue weighted by Gasteiger charge is 2.23. The molecule has 4 rings (SSSR count). The molecule has 28 heavy (non-hydrogen) atoms. The van der Waals surface area contributed by atoms with Crippen molar-refractivity contribution in [2.75, 3.05) is 44.3 Å². The molecule has 0 bridgehead atoms. The smallest absolute Gasteiger partial charge is 0.254 e. The van der Waals surface area contributed by atoms with Crippen LogP contribution in [-0.2, 0) is 4.74 Å². The van der Waals surface area contributed by atoms with E-state index in [4.69, 9.17) is 21.1 Å². The van der Waals surface area contributed by atoms with Crippen LogP contribution < -0.4 is 9.64 Å². The molecule has 5 nitrogen and oxygen atoms in total. The van der Waals surface area contributed by atoms with E-state index in [2.05, 4.69) is 11.0 Å². The zero-order valence-corrected chi connectivity index (χ0v) is 16.6. The number of halogens is 1. The highest BCUT2D eigenvalue weighted by Crippen LogP contribution is 2.22. The first-order valence-corrected chi connectivity index (χ1v) is 10.2. The summed E-state index contributed by atoms with van der Waals surface area (Å²) in [5.74, 6) is 0.771. The van der Waals surface area contributed by atoms with Gasteiger partial charge in [0.25, 0.3) is 5.91 Å². The van der Waals surface area contributed by atoms with Gasteiger partial charge in [0.15, 0.2) is 0 Å². The second-order valence-corrected chi connectivity index (χ2v) is 7.67. The molecule has 2 fully saturated rings. The first kappa shape index (κ1) is 19.1. The van der Waals surface area contributed by atoms with E-state index < -0.39 is 0 Å². The van der Waals surface area contributed by atoms with Gasteiger partial charge in [0.1, 0.15) is 12.4 Å². The predicted molar refractivity (Wildman–Crippen MR) is 110 cm³/mol. The maximum absolute atomic E-state index is 12.9. The van der Waals surface area contributed by atoms with Gasteiger partial charge in [0, 0.05) is 49.1 Å². The summed E-state index contributed by atoms with van der Waals surface area (Å²) in [5.41, 5.74) is 1.77. The van der Waals surface area contributed by atoms with E-state index in [0.29, 0.717) is 25.3 Å². The van der Waals surface area contributed by atoms with Crippen molar-refractivity contribution >= 4 is 23.2 Å². The molecule has 0 radical (unpaired) electrons. The average Bonchev–Trinajstić information content (AvgIpc) is 3.26. The average molecular weight is 401 g/mol. The van der Waals surface area contributed by atoms with E-state index in [1.807, 2.05) is 47.4 Å². The van der Waals surface area contributed by atoms with Crippen LogP contribution in [0.25, 0.3) is 0 Å². The van der Waals surface area contributed by atoms with Crippen LogP contribution in [0.2, 0.25) is 5.02 Å². The molecule has 0 unspecified atom stereocenters. The lowest BCUT2D eigenvalue weighted by molar-refractivity contribution is 0.0677. The number of ether oxygens (including phenoxy) is 2. The molecule has 2 heterocycles. The number of hydrogen-bond donors (Lipinski definition) is 0. The summed E-state index contributed by atoms with van der Waals surface area (Å²) in [7, 11) is 0. The molecule has 2 aromatic rings. The summed E-state index contributed by atoms with van der Waals surface area (Å²) >= 11 is 6.09. The standard InChI is InChI=1S/C22H25ClN2O3/c23-18-5-2-6-19(15-18)24-9-11-25(12-10-24)22(26)17-4-1-7-20(14-17)28-16-21-8-3-13-27-21/h1-2,4-7,14-15,21H,3,8-13,16H2/t21-/m1/s1.